The van der Waals surface area contributed by atoms with Crippen molar-refractivity contribution < 1.29 is 31.7 Å². The molecule has 0 radical (unpaired) electrons. The molecular formula is C22H24BFN2O6S. The second-order valence-electron chi connectivity index (χ2n) is 8.21. The van der Waals surface area contributed by atoms with Crippen LogP contribution in [-0.4, -0.2) is 52.9 Å². The van der Waals surface area contributed by atoms with Crippen LogP contribution in [0.2, 0.25) is 6.32 Å². The lowest BCUT2D eigenvalue weighted by molar-refractivity contribution is 0.0964. The molecule has 8 nitrogen and oxygen atoms in total. The van der Waals surface area contributed by atoms with Crippen LogP contribution < -0.4 is 9.62 Å². The van der Waals surface area contributed by atoms with Gasteiger partial charge in [0.2, 0.25) is 10.0 Å². The molecule has 1 aromatic heterocycles. The Morgan fingerprint density at radius 1 is 1.30 bits per heavy atom. The summed E-state index contributed by atoms with van der Waals surface area (Å²) in [6, 6.07) is 8.89. The molecule has 1 fully saturated rings. The summed E-state index contributed by atoms with van der Waals surface area (Å²) in [4.78, 5) is 12.7. The van der Waals surface area contributed by atoms with Crippen LogP contribution in [0.1, 0.15) is 15.9 Å². The molecule has 174 valence electrons. The van der Waals surface area contributed by atoms with E-state index < -0.39 is 23.0 Å². The molecule has 1 aliphatic heterocycles. The first-order valence-corrected chi connectivity index (χ1v) is 12.3. The summed E-state index contributed by atoms with van der Waals surface area (Å²) in [6.45, 7) is 2.14. The maximum Gasteiger partial charge on any atom is 0.454 e. The van der Waals surface area contributed by atoms with Gasteiger partial charge < -0.3 is 19.4 Å². The Morgan fingerprint density at radius 2 is 2.00 bits per heavy atom. The molecule has 4 rings (SSSR count). The fraction of sp³-hybridized carbons (Fsp3) is 0.318. The van der Waals surface area contributed by atoms with Crippen molar-refractivity contribution in [1.82, 2.24) is 5.32 Å². The third kappa shape index (κ3) is 4.61. The van der Waals surface area contributed by atoms with Crippen molar-refractivity contribution in [3.63, 3.8) is 0 Å². The number of rotatable bonds is 6. The molecule has 0 saturated carbocycles. The first-order valence-electron chi connectivity index (χ1n) is 10.4. The van der Waals surface area contributed by atoms with E-state index >= 15 is 0 Å². The first-order chi connectivity index (χ1) is 15.6. The molecule has 0 bridgehead atoms. The lowest BCUT2D eigenvalue weighted by atomic mass is 9.82. The van der Waals surface area contributed by atoms with Gasteiger partial charge in [0.15, 0.2) is 0 Å². The number of nitrogens with one attached hydrogen (secondary N) is 1. The van der Waals surface area contributed by atoms with Crippen molar-refractivity contribution in [3.05, 3.63) is 53.3 Å². The van der Waals surface area contributed by atoms with Crippen molar-refractivity contribution in [2.45, 2.75) is 13.2 Å². The van der Waals surface area contributed by atoms with Gasteiger partial charge >= 0.3 is 7.12 Å². The molecule has 0 spiro atoms. The zero-order chi connectivity index (χ0) is 23.9. The summed E-state index contributed by atoms with van der Waals surface area (Å²) in [6.07, 6.45) is 1.45. The minimum atomic E-state index is -3.66. The summed E-state index contributed by atoms with van der Waals surface area (Å²) in [5, 5.41) is 12.8. The number of hydrogen-bond donors (Lipinski definition) is 2. The molecule has 33 heavy (non-hydrogen) atoms. The maximum absolute atomic E-state index is 13.4. The van der Waals surface area contributed by atoms with E-state index in [1.165, 1.54) is 35.6 Å². The quantitative estimate of drug-likeness (QED) is 0.532. The minimum absolute atomic E-state index is 0.135. The van der Waals surface area contributed by atoms with Crippen LogP contribution in [-0.2, 0) is 14.7 Å². The van der Waals surface area contributed by atoms with E-state index in [9.17, 15) is 22.6 Å². The smallest absolute Gasteiger partial charge is 0.454 e. The van der Waals surface area contributed by atoms with Crippen LogP contribution in [0.5, 0.6) is 0 Å². The molecule has 1 saturated heterocycles. The fourth-order valence-corrected chi connectivity index (χ4v) is 5.14. The number of halogens is 1. The van der Waals surface area contributed by atoms with Gasteiger partial charge in [-0.1, -0.05) is 0 Å². The average molecular weight is 474 g/mol. The second kappa shape index (κ2) is 8.81. The summed E-state index contributed by atoms with van der Waals surface area (Å²) in [7, 11) is -3.07. The Morgan fingerprint density at radius 3 is 2.58 bits per heavy atom. The van der Waals surface area contributed by atoms with Crippen LogP contribution >= 0.6 is 0 Å². The number of carbonyl (C=O) groups excluding carboxylic acids is 1. The third-order valence-electron chi connectivity index (χ3n) is 5.72. The topological polar surface area (TPSA) is 109 Å². The van der Waals surface area contributed by atoms with Gasteiger partial charge in [-0.25, -0.2) is 12.8 Å². The normalized spacial score (nSPS) is 16.4. The largest absolute Gasteiger partial charge is 0.455 e. The van der Waals surface area contributed by atoms with Crippen molar-refractivity contribution >= 4 is 39.7 Å². The highest BCUT2D eigenvalue weighted by molar-refractivity contribution is 7.92. The molecule has 1 amide bonds. The molecular weight excluding hydrogens is 450 g/mol. The van der Waals surface area contributed by atoms with Gasteiger partial charge in [-0.2, -0.15) is 0 Å². The van der Waals surface area contributed by atoms with Crippen molar-refractivity contribution in [2.75, 3.05) is 30.8 Å². The van der Waals surface area contributed by atoms with E-state index in [4.69, 9.17) is 9.07 Å². The number of nitrogens with zero attached hydrogens (tertiary/aromatic N) is 1. The van der Waals surface area contributed by atoms with Crippen LogP contribution in [0.4, 0.5) is 10.1 Å². The van der Waals surface area contributed by atoms with Gasteiger partial charge in [0, 0.05) is 37.2 Å². The average Bonchev–Trinajstić information content (AvgIpc) is 3.33. The maximum atomic E-state index is 13.4. The number of benzene rings is 2. The van der Waals surface area contributed by atoms with Crippen molar-refractivity contribution in [3.8, 4) is 11.3 Å². The summed E-state index contributed by atoms with van der Waals surface area (Å²) in [5.74, 6) is -0.701. The van der Waals surface area contributed by atoms with E-state index in [2.05, 4.69) is 5.32 Å². The Labute approximate surface area is 191 Å². The Hall–Kier alpha value is -2.89. The third-order valence-corrected chi connectivity index (χ3v) is 6.87. The lowest BCUT2D eigenvalue weighted by Gasteiger charge is -2.26. The Bertz CT molecular complexity index is 1310. The summed E-state index contributed by atoms with van der Waals surface area (Å²) < 4.78 is 51.2. The highest BCUT2D eigenvalue weighted by Gasteiger charge is 2.33. The first kappa shape index (κ1) is 23.3. The highest BCUT2D eigenvalue weighted by atomic mass is 32.2. The number of anilines is 1. The van der Waals surface area contributed by atoms with Gasteiger partial charge in [0.25, 0.3) is 5.91 Å². The van der Waals surface area contributed by atoms with Gasteiger partial charge in [0.05, 0.1) is 17.5 Å². The van der Waals surface area contributed by atoms with E-state index in [1.54, 1.807) is 19.1 Å². The van der Waals surface area contributed by atoms with Crippen molar-refractivity contribution in [1.29, 1.82) is 0 Å². The predicted molar refractivity (Wildman–Crippen MR) is 124 cm³/mol. The molecule has 2 N–H and O–H groups in total. The number of fused-ring (bicyclic) bond motifs is 1. The van der Waals surface area contributed by atoms with Crippen LogP contribution in [0.15, 0.2) is 40.8 Å². The lowest BCUT2D eigenvalue weighted by Crippen LogP contribution is -2.35. The Kier molecular flexibility index (Phi) is 6.21. The molecule has 2 heterocycles. The van der Waals surface area contributed by atoms with Gasteiger partial charge in [-0.15, -0.1) is 0 Å². The zero-order valence-corrected chi connectivity index (χ0v) is 19.3. The standard InChI is InChI=1S/C22H24BFN2O6S/c1-13-8-17-19(9-18(13)26(33(3,29)30)11-14-10-23(28)31-12-14)32-21(20(17)22(27)25-2)15-4-6-16(24)7-5-15/h4-9,14,28H,10-12H2,1-3H3,(H,25,27). The number of carbonyl (C=O) groups is 1. The van der Waals surface area contributed by atoms with E-state index in [0.717, 1.165) is 6.26 Å². The van der Waals surface area contributed by atoms with E-state index in [0.29, 0.717) is 34.1 Å². The predicted octanol–water partition coefficient (Wildman–Crippen LogP) is 2.80. The number of amides is 1. The molecule has 11 heteroatoms. The number of aryl methyl sites for hydroxylation is 1. The molecule has 1 aliphatic rings. The second-order valence-corrected chi connectivity index (χ2v) is 10.1. The van der Waals surface area contributed by atoms with Crippen LogP contribution in [0.25, 0.3) is 22.3 Å². The van der Waals surface area contributed by atoms with Crippen LogP contribution in [0.3, 0.4) is 0 Å². The fourth-order valence-electron chi connectivity index (χ4n) is 4.11. The summed E-state index contributed by atoms with van der Waals surface area (Å²) in [5.41, 5.74) is 2.16. The van der Waals surface area contributed by atoms with Gasteiger partial charge in [0.1, 0.15) is 17.2 Å². The zero-order valence-electron chi connectivity index (χ0n) is 18.5. The highest BCUT2D eigenvalue weighted by Crippen LogP contribution is 2.38. The van der Waals surface area contributed by atoms with E-state index in [-0.39, 0.29) is 36.3 Å². The SMILES string of the molecule is CNC(=O)c1c(-c2ccc(F)cc2)oc2cc(N(CC3COB(O)C3)S(C)(=O)=O)c(C)cc12. The van der Waals surface area contributed by atoms with Gasteiger partial charge in [-0.05, 0) is 55.1 Å². The number of furan rings is 1. The molecule has 3 aromatic rings. The molecule has 0 aliphatic carbocycles. The molecule has 2 aromatic carbocycles. The minimum Gasteiger partial charge on any atom is -0.455 e. The van der Waals surface area contributed by atoms with Crippen LogP contribution in [0, 0.1) is 18.7 Å². The number of hydrogen-bond acceptors (Lipinski definition) is 6. The Balaban J connectivity index is 1.86. The van der Waals surface area contributed by atoms with Crippen molar-refractivity contribution in [2.24, 2.45) is 5.92 Å². The molecule has 1 unspecified atom stereocenters. The monoisotopic (exact) mass is 474 g/mol. The van der Waals surface area contributed by atoms with Gasteiger partial charge in [-0.3, -0.25) is 9.10 Å². The number of sulfonamides is 1. The van der Waals surface area contributed by atoms with E-state index in [1.807, 2.05) is 0 Å². The summed E-state index contributed by atoms with van der Waals surface area (Å²) >= 11 is 0. The molecule has 1 atom stereocenters.